The fourth-order valence-electron chi connectivity index (χ4n) is 1.44. The molecule has 1 fully saturated rings. The van der Waals surface area contributed by atoms with E-state index >= 15 is 0 Å². The summed E-state index contributed by atoms with van der Waals surface area (Å²) in [6.07, 6.45) is 5.17. The number of nitrogens with zero attached hydrogens (tertiary/aromatic N) is 1. The zero-order valence-electron chi connectivity index (χ0n) is 10.0. The van der Waals surface area contributed by atoms with Crippen molar-refractivity contribution in [2.24, 2.45) is 22.1 Å². The molecule has 0 amide bonds. The molecule has 1 rings (SSSR count). The molecular formula is C12H24N2. The van der Waals surface area contributed by atoms with Gasteiger partial charge in [0, 0.05) is 5.41 Å². The highest BCUT2D eigenvalue weighted by Gasteiger charge is 2.25. The molecule has 14 heavy (non-hydrogen) atoms. The summed E-state index contributed by atoms with van der Waals surface area (Å²) in [5.74, 6) is 1.75. The third kappa shape index (κ3) is 3.69. The minimum Gasteiger partial charge on any atom is -0.387 e. The quantitative estimate of drug-likeness (QED) is 0.545. The summed E-state index contributed by atoms with van der Waals surface area (Å²) in [7, 11) is 0. The van der Waals surface area contributed by atoms with Gasteiger partial charge < -0.3 is 5.73 Å². The van der Waals surface area contributed by atoms with E-state index in [-0.39, 0.29) is 5.41 Å². The molecule has 1 unspecified atom stereocenters. The van der Waals surface area contributed by atoms with Gasteiger partial charge in [0.2, 0.25) is 0 Å². The largest absolute Gasteiger partial charge is 0.387 e. The fourth-order valence-corrected chi connectivity index (χ4v) is 1.44. The van der Waals surface area contributed by atoms with Gasteiger partial charge in [-0.05, 0) is 18.8 Å². The van der Waals surface area contributed by atoms with Crippen LogP contribution >= 0.6 is 0 Å². The third-order valence-electron chi connectivity index (χ3n) is 2.86. The molecule has 0 bridgehead atoms. The Morgan fingerprint density at radius 1 is 1.43 bits per heavy atom. The topological polar surface area (TPSA) is 38.4 Å². The first-order valence-electron chi connectivity index (χ1n) is 5.77. The van der Waals surface area contributed by atoms with Gasteiger partial charge in [-0.15, -0.1) is 0 Å². The predicted molar refractivity (Wildman–Crippen MR) is 62.5 cm³/mol. The fraction of sp³-hybridized carbons (Fsp3) is 0.917. The van der Waals surface area contributed by atoms with E-state index in [4.69, 9.17) is 5.73 Å². The maximum absolute atomic E-state index is 5.97. The van der Waals surface area contributed by atoms with Crippen LogP contribution in [0.2, 0.25) is 0 Å². The maximum Gasteiger partial charge on any atom is 0.0994 e. The molecule has 1 saturated carbocycles. The molecule has 0 aromatic carbocycles. The zero-order valence-corrected chi connectivity index (χ0v) is 10.0. The highest BCUT2D eigenvalue weighted by Crippen LogP contribution is 2.35. The molecule has 0 spiro atoms. The second-order valence-corrected chi connectivity index (χ2v) is 5.51. The number of nitrogens with two attached hydrogens (primary N) is 1. The Bertz CT molecular complexity index is 209. The van der Waals surface area contributed by atoms with Gasteiger partial charge in [0.1, 0.15) is 0 Å². The van der Waals surface area contributed by atoms with E-state index in [2.05, 4.69) is 32.7 Å². The molecule has 0 aromatic heterocycles. The van der Waals surface area contributed by atoms with E-state index in [1.807, 2.05) is 0 Å². The predicted octanol–water partition coefficient (Wildman–Crippen LogP) is 2.97. The highest BCUT2D eigenvalue weighted by atomic mass is 14.9. The van der Waals surface area contributed by atoms with E-state index in [1.165, 1.54) is 19.3 Å². The number of rotatable bonds is 4. The van der Waals surface area contributed by atoms with Crippen LogP contribution in [0.4, 0.5) is 0 Å². The zero-order chi connectivity index (χ0) is 10.8. The Kier molecular flexibility index (Phi) is 3.57. The molecule has 82 valence electrons. The van der Waals surface area contributed by atoms with Gasteiger partial charge in [-0.2, -0.15) is 0 Å². The first-order chi connectivity index (χ1) is 6.43. The molecule has 0 radical (unpaired) electrons. The second kappa shape index (κ2) is 4.33. The summed E-state index contributed by atoms with van der Waals surface area (Å²) in [4.78, 5) is 4.64. The lowest BCUT2D eigenvalue weighted by Gasteiger charge is -2.20. The minimum absolute atomic E-state index is 0.0248. The van der Waals surface area contributed by atoms with Gasteiger partial charge in [-0.3, -0.25) is 4.99 Å². The van der Waals surface area contributed by atoms with E-state index in [9.17, 15) is 0 Å². The van der Waals surface area contributed by atoms with Crippen LogP contribution in [-0.2, 0) is 0 Å². The smallest absolute Gasteiger partial charge is 0.0994 e. The van der Waals surface area contributed by atoms with Gasteiger partial charge in [0.15, 0.2) is 0 Å². The molecule has 1 aliphatic carbocycles. The van der Waals surface area contributed by atoms with Crippen LogP contribution in [0.15, 0.2) is 4.99 Å². The van der Waals surface area contributed by atoms with Crippen LogP contribution in [-0.4, -0.2) is 11.9 Å². The molecular weight excluding hydrogens is 172 g/mol. The van der Waals surface area contributed by atoms with Crippen molar-refractivity contribution in [3.63, 3.8) is 0 Å². The number of hydrogen-bond donors (Lipinski definition) is 1. The molecule has 0 heterocycles. The van der Waals surface area contributed by atoms with Crippen LogP contribution in [0, 0.1) is 11.3 Å². The molecule has 2 nitrogen and oxygen atoms in total. The number of aliphatic imine (C=N–C) groups is 1. The van der Waals surface area contributed by atoms with E-state index in [0.717, 1.165) is 18.2 Å². The standard InChI is InChI=1S/C12H24N2/c1-5-10(8-9-6-7-9)14-11(13)12(2,3)4/h9-10H,5-8H2,1-4H3,(H2,13,14). The Morgan fingerprint density at radius 3 is 2.36 bits per heavy atom. The average molecular weight is 196 g/mol. The molecule has 0 aliphatic heterocycles. The van der Waals surface area contributed by atoms with Crippen molar-refractivity contribution in [2.45, 2.75) is 59.4 Å². The monoisotopic (exact) mass is 196 g/mol. The summed E-state index contributed by atoms with van der Waals surface area (Å²) < 4.78 is 0. The van der Waals surface area contributed by atoms with Crippen molar-refractivity contribution in [1.29, 1.82) is 0 Å². The van der Waals surface area contributed by atoms with E-state index in [1.54, 1.807) is 0 Å². The Labute approximate surface area is 88.0 Å². The minimum atomic E-state index is 0.0248. The lowest BCUT2D eigenvalue weighted by molar-refractivity contribution is 0.530. The summed E-state index contributed by atoms with van der Waals surface area (Å²) in [6, 6.07) is 0.460. The van der Waals surface area contributed by atoms with Gasteiger partial charge in [0.05, 0.1) is 11.9 Å². The summed E-state index contributed by atoms with van der Waals surface area (Å²) in [5.41, 5.74) is 6.00. The number of hydrogen-bond acceptors (Lipinski definition) is 1. The Hall–Kier alpha value is -0.530. The normalized spacial score (nSPS) is 21.0. The summed E-state index contributed by atoms with van der Waals surface area (Å²) in [5, 5.41) is 0. The Morgan fingerprint density at radius 2 is 2.00 bits per heavy atom. The van der Waals surface area contributed by atoms with Crippen LogP contribution in [0.25, 0.3) is 0 Å². The molecule has 2 heteroatoms. The van der Waals surface area contributed by atoms with Crippen molar-refractivity contribution in [2.75, 3.05) is 0 Å². The van der Waals surface area contributed by atoms with Crippen LogP contribution < -0.4 is 5.73 Å². The van der Waals surface area contributed by atoms with Crippen molar-refractivity contribution in [3.8, 4) is 0 Å². The number of amidine groups is 1. The lowest BCUT2D eigenvalue weighted by Crippen LogP contribution is -2.30. The van der Waals surface area contributed by atoms with Crippen molar-refractivity contribution in [3.05, 3.63) is 0 Å². The van der Waals surface area contributed by atoms with Crippen LogP contribution in [0.1, 0.15) is 53.4 Å². The summed E-state index contributed by atoms with van der Waals surface area (Å²) in [6.45, 7) is 8.56. The first-order valence-corrected chi connectivity index (χ1v) is 5.77. The van der Waals surface area contributed by atoms with Gasteiger partial charge in [0.25, 0.3) is 0 Å². The van der Waals surface area contributed by atoms with Crippen molar-refractivity contribution in [1.82, 2.24) is 0 Å². The van der Waals surface area contributed by atoms with E-state index in [0.29, 0.717) is 6.04 Å². The summed E-state index contributed by atoms with van der Waals surface area (Å²) >= 11 is 0. The maximum atomic E-state index is 5.97. The molecule has 1 aliphatic rings. The molecule has 0 saturated heterocycles. The molecule has 0 aromatic rings. The molecule has 2 N–H and O–H groups in total. The van der Waals surface area contributed by atoms with Crippen LogP contribution in [0.5, 0.6) is 0 Å². The highest BCUT2D eigenvalue weighted by molar-refractivity contribution is 5.85. The van der Waals surface area contributed by atoms with E-state index < -0.39 is 0 Å². The second-order valence-electron chi connectivity index (χ2n) is 5.51. The van der Waals surface area contributed by atoms with Gasteiger partial charge >= 0.3 is 0 Å². The van der Waals surface area contributed by atoms with Gasteiger partial charge in [-0.25, -0.2) is 0 Å². The third-order valence-corrected chi connectivity index (χ3v) is 2.86. The lowest BCUT2D eigenvalue weighted by atomic mass is 9.95. The first kappa shape index (κ1) is 11.5. The van der Waals surface area contributed by atoms with Crippen molar-refractivity contribution >= 4 is 5.84 Å². The van der Waals surface area contributed by atoms with Crippen LogP contribution in [0.3, 0.4) is 0 Å². The average Bonchev–Trinajstić information content (AvgIpc) is 2.85. The Balaban J connectivity index is 2.51. The van der Waals surface area contributed by atoms with Gasteiger partial charge in [-0.1, -0.05) is 40.5 Å². The molecule has 1 atom stereocenters. The SMILES string of the molecule is CCC(CC1CC1)N=C(N)C(C)(C)C. The van der Waals surface area contributed by atoms with Crippen molar-refractivity contribution < 1.29 is 0 Å².